The zero-order chi connectivity index (χ0) is 15.7. The van der Waals surface area contributed by atoms with E-state index < -0.39 is 17.8 Å². The van der Waals surface area contributed by atoms with E-state index in [0.717, 1.165) is 11.4 Å². The van der Waals surface area contributed by atoms with E-state index >= 15 is 0 Å². The van der Waals surface area contributed by atoms with Crippen LogP contribution in [0, 0.1) is 6.92 Å². The molecule has 3 rings (SSSR count). The van der Waals surface area contributed by atoms with E-state index in [1.165, 1.54) is 12.1 Å². The van der Waals surface area contributed by atoms with Gasteiger partial charge in [-0.25, -0.2) is 4.79 Å². The smallest absolute Gasteiger partial charge is 0.330 e. The second-order valence-corrected chi connectivity index (χ2v) is 4.96. The first-order valence-electron chi connectivity index (χ1n) is 6.76. The Balaban J connectivity index is 1.63. The predicted molar refractivity (Wildman–Crippen MR) is 74.7 cm³/mol. The van der Waals surface area contributed by atoms with Gasteiger partial charge in [-0.2, -0.15) is 5.10 Å². The number of hydroxylamine groups is 2. The molecule has 1 aromatic carbocycles. The lowest BCUT2D eigenvalue weighted by Crippen LogP contribution is -2.32. The van der Waals surface area contributed by atoms with Crippen LogP contribution in [0.3, 0.4) is 0 Å². The number of benzene rings is 1. The molecular formula is C15H13N3O4. The highest BCUT2D eigenvalue weighted by Crippen LogP contribution is 2.22. The van der Waals surface area contributed by atoms with Gasteiger partial charge in [-0.3, -0.25) is 14.7 Å². The van der Waals surface area contributed by atoms with Crippen molar-refractivity contribution in [3.63, 3.8) is 0 Å². The lowest BCUT2D eigenvalue weighted by molar-refractivity contribution is -0.168. The molecule has 0 saturated heterocycles. The molecule has 1 aliphatic rings. The molecule has 0 spiro atoms. The van der Waals surface area contributed by atoms with Gasteiger partial charge >= 0.3 is 5.97 Å². The summed E-state index contributed by atoms with van der Waals surface area (Å²) in [6, 6.07) is 8.16. The SMILES string of the molecule is Cc1cc(CCC(=O)ON2C(=O)c3ccccc3C2=O)n[nH]1. The van der Waals surface area contributed by atoms with E-state index in [2.05, 4.69) is 10.2 Å². The number of imide groups is 1. The van der Waals surface area contributed by atoms with Crippen LogP contribution >= 0.6 is 0 Å². The van der Waals surface area contributed by atoms with Gasteiger partial charge in [0, 0.05) is 12.1 Å². The van der Waals surface area contributed by atoms with Gasteiger partial charge in [-0.15, -0.1) is 0 Å². The molecule has 0 bridgehead atoms. The standard InChI is InChI=1S/C15H13N3O4/c1-9-8-10(17-16-9)6-7-13(19)22-18-14(20)11-4-2-3-5-12(11)15(18)21/h2-5,8H,6-7H2,1H3,(H,16,17). The van der Waals surface area contributed by atoms with Crippen LogP contribution in [0.5, 0.6) is 0 Å². The fourth-order valence-corrected chi connectivity index (χ4v) is 2.23. The zero-order valence-electron chi connectivity index (χ0n) is 11.8. The molecule has 0 fully saturated rings. The summed E-state index contributed by atoms with van der Waals surface area (Å²) in [7, 11) is 0. The van der Waals surface area contributed by atoms with Crippen molar-refractivity contribution in [2.45, 2.75) is 19.8 Å². The largest absolute Gasteiger partial charge is 0.333 e. The molecule has 22 heavy (non-hydrogen) atoms. The Bertz CT molecular complexity index is 731. The van der Waals surface area contributed by atoms with Crippen molar-refractivity contribution >= 4 is 17.8 Å². The summed E-state index contributed by atoms with van der Waals surface area (Å²) in [5, 5.41) is 7.29. The third kappa shape index (κ3) is 2.48. The van der Waals surface area contributed by atoms with E-state index in [1.54, 1.807) is 12.1 Å². The number of carbonyl (C=O) groups is 3. The number of rotatable bonds is 4. The van der Waals surface area contributed by atoms with Crippen molar-refractivity contribution in [2.24, 2.45) is 0 Å². The summed E-state index contributed by atoms with van der Waals surface area (Å²) in [5.41, 5.74) is 2.09. The number of carbonyl (C=O) groups excluding carboxylic acids is 3. The van der Waals surface area contributed by atoms with Crippen LogP contribution in [0.25, 0.3) is 0 Å². The molecule has 0 radical (unpaired) electrons. The second kappa shape index (κ2) is 5.44. The van der Waals surface area contributed by atoms with Crippen molar-refractivity contribution in [3.8, 4) is 0 Å². The summed E-state index contributed by atoms with van der Waals surface area (Å²) >= 11 is 0. The van der Waals surface area contributed by atoms with Gasteiger partial charge in [-0.05, 0) is 25.1 Å². The van der Waals surface area contributed by atoms with Crippen LogP contribution < -0.4 is 0 Å². The average molecular weight is 299 g/mol. The first kappa shape index (κ1) is 14.0. The molecule has 1 N–H and O–H groups in total. The van der Waals surface area contributed by atoms with Gasteiger partial charge in [0.1, 0.15) is 0 Å². The molecule has 0 aliphatic carbocycles. The summed E-state index contributed by atoms with van der Waals surface area (Å²) in [5.74, 6) is -1.90. The summed E-state index contributed by atoms with van der Waals surface area (Å²) < 4.78 is 0. The van der Waals surface area contributed by atoms with Gasteiger partial charge in [-0.1, -0.05) is 17.2 Å². The molecule has 0 saturated carbocycles. The number of fused-ring (bicyclic) bond motifs is 1. The molecular weight excluding hydrogens is 286 g/mol. The van der Waals surface area contributed by atoms with Crippen LogP contribution in [0.2, 0.25) is 0 Å². The minimum absolute atomic E-state index is 0.0255. The van der Waals surface area contributed by atoms with Crippen molar-refractivity contribution in [1.82, 2.24) is 15.3 Å². The van der Waals surface area contributed by atoms with Crippen LogP contribution in [-0.2, 0) is 16.1 Å². The molecule has 1 aliphatic heterocycles. The van der Waals surface area contributed by atoms with Crippen molar-refractivity contribution in [2.75, 3.05) is 0 Å². The molecule has 2 amide bonds. The Morgan fingerprint density at radius 1 is 1.23 bits per heavy atom. The van der Waals surface area contributed by atoms with E-state index in [4.69, 9.17) is 4.84 Å². The van der Waals surface area contributed by atoms with Gasteiger partial charge in [0.05, 0.1) is 23.2 Å². The fourth-order valence-electron chi connectivity index (χ4n) is 2.23. The predicted octanol–water partition coefficient (Wildman–Crippen LogP) is 1.41. The minimum Gasteiger partial charge on any atom is -0.330 e. The quantitative estimate of drug-likeness (QED) is 0.862. The average Bonchev–Trinajstić information content (AvgIpc) is 3.03. The van der Waals surface area contributed by atoms with E-state index in [0.29, 0.717) is 11.5 Å². The monoisotopic (exact) mass is 299 g/mol. The number of amides is 2. The van der Waals surface area contributed by atoms with Gasteiger partial charge in [0.15, 0.2) is 0 Å². The van der Waals surface area contributed by atoms with Gasteiger partial charge < -0.3 is 4.84 Å². The van der Waals surface area contributed by atoms with Crippen LogP contribution in [-0.4, -0.2) is 33.0 Å². The highest BCUT2D eigenvalue weighted by molar-refractivity contribution is 6.20. The number of H-pyrrole nitrogens is 1. The number of nitrogens with zero attached hydrogens (tertiary/aromatic N) is 2. The molecule has 2 aromatic rings. The maximum Gasteiger partial charge on any atom is 0.333 e. The first-order chi connectivity index (χ1) is 10.6. The lowest BCUT2D eigenvalue weighted by Gasteiger charge is -2.12. The Morgan fingerprint density at radius 2 is 1.86 bits per heavy atom. The third-order valence-electron chi connectivity index (χ3n) is 3.29. The molecule has 7 nitrogen and oxygen atoms in total. The summed E-state index contributed by atoms with van der Waals surface area (Å²) in [6.07, 6.45) is 0.393. The van der Waals surface area contributed by atoms with Crippen LogP contribution in [0.15, 0.2) is 30.3 Å². The first-order valence-corrected chi connectivity index (χ1v) is 6.76. The van der Waals surface area contributed by atoms with Gasteiger partial charge in [0.2, 0.25) is 0 Å². The molecule has 0 atom stereocenters. The maximum atomic E-state index is 12.0. The summed E-state index contributed by atoms with van der Waals surface area (Å²) in [4.78, 5) is 40.8. The Kier molecular flexibility index (Phi) is 3.46. The second-order valence-electron chi connectivity index (χ2n) is 4.96. The number of hydrogen-bond acceptors (Lipinski definition) is 5. The molecule has 7 heteroatoms. The van der Waals surface area contributed by atoms with Gasteiger partial charge in [0.25, 0.3) is 11.8 Å². The topological polar surface area (TPSA) is 92.4 Å². The Morgan fingerprint density at radius 3 is 2.41 bits per heavy atom. The maximum absolute atomic E-state index is 12.0. The highest BCUT2D eigenvalue weighted by Gasteiger charge is 2.38. The third-order valence-corrected chi connectivity index (χ3v) is 3.29. The highest BCUT2D eigenvalue weighted by atomic mass is 16.7. The number of aryl methyl sites for hydroxylation is 2. The van der Waals surface area contributed by atoms with E-state index in [9.17, 15) is 14.4 Å². The molecule has 0 unspecified atom stereocenters. The van der Waals surface area contributed by atoms with Crippen molar-refractivity contribution in [1.29, 1.82) is 0 Å². The fraction of sp³-hybridized carbons (Fsp3) is 0.200. The van der Waals surface area contributed by atoms with E-state index in [-0.39, 0.29) is 17.5 Å². The Hall–Kier alpha value is -2.96. The lowest BCUT2D eigenvalue weighted by atomic mass is 10.1. The van der Waals surface area contributed by atoms with Crippen molar-refractivity contribution in [3.05, 3.63) is 52.8 Å². The minimum atomic E-state index is -0.657. The molecule has 112 valence electrons. The van der Waals surface area contributed by atoms with Crippen LogP contribution in [0.4, 0.5) is 0 Å². The number of aromatic nitrogens is 2. The number of aromatic amines is 1. The Labute approximate surface area is 125 Å². The van der Waals surface area contributed by atoms with Crippen molar-refractivity contribution < 1.29 is 19.2 Å². The molecule has 1 aromatic heterocycles. The number of nitrogens with one attached hydrogen (secondary N) is 1. The van der Waals surface area contributed by atoms with E-state index in [1.807, 2.05) is 13.0 Å². The zero-order valence-corrected chi connectivity index (χ0v) is 11.8. The molecule has 2 heterocycles. The summed E-state index contributed by atoms with van der Waals surface area (Å²) in [6.45, 7) is 1.85. The number of hydrogen-bond donors (Lipinski definition) is 1. The van der Waals surface area contributed by atoms with Crippen LogP contribution in [0.1, 0.15) is 38.5 Å². The normalized spacial score (nSPS) is 13.4.